The van der Waals surface area contributed by atoms with Gasteiger partial charge in [0.2, 0.25) is 5.91 Å². The average Bonchev–Trinajstić information content (AvgIpc) is 2.93. The van der Waals surface area contributed by atoms with Crippen LogP contribution in [-0.4, -0.2) is 28.9 Å². The van der Waals surface area contributed by atoms with E-state index >= 15 is 0 Å². The molecule has 0 unspecified atom stereocenters. The highest BCUT2D eigenvalue weighted by Gasteiger charge is 2.13. The molecule has 0 bridgehead atoms. The first kappa shape index (κ1) is 18.4. The minimum absolute atomic E-state index is 0.255. The predicted molar refractivity (Wildman–Crippen MR) is 96.9 cm³/mol. The number of nitrogens with zero attached hydrogens (tertiary/aromatic N) is 2. The summed E-state index contributed by atoms with van der Waals surface area (Å²) < 4.78 is 5.75. The van der Waals surface area contributed by atoms with E-state index in [1.165, 1.54) is 5.56 Å². The lowest BCUT2D eigenvalue weighted by atomic mass is 10.2. The summed E-state index contributed by atoms with van der Waals surface area (Å²) in [6.07, 6.45) is 0. The van der Waals surface area contributed by atoms with Gasteiger partial charge in [-0.25, -0.2) is 4.98 Å². The summed E-state index contributed by atoms with van der Waals surface area (Å²) in [5.41, 5.74) is 7.49. The molecule has 2 N–H and O–H groups in total. The Bertz CT molecular complexity index is 653. The smallest absolute Gasteiger partial charge is 0.231 e. The van der Waals surface area contributed by atoms with Gasteiger partial charge in [-0.1, -0.05) is 31.5 Å². The Hall–Kier alpha value is -1.92. The lowest BCUT2D eigenvalue weighted by Crippen LogP contribution is -2.35. The highest BCUT2D eigenvalue weighted by atomic mass is 32.1. The topological polar surface area (TPSA) is 68.4 Å². The van der Waals surface area contributed by atoms with Gasteiger partial charge in [-0.15, -0.1) is 11.3 Å². The molecule has 0 spiro atoms. The summed E-state index contributed by atoms with van der Waals surface area (Å²) in [7, 11) is 0. The summed E-state index contributed by atoms with van der Waals surface area (Å²) in [5, 5.41) is 2.94. The van der Waals surface area contributed by atoms with Crippen LogP contribution in [-0.2, 0) is 17.9 Å². The van der Waals surface area contributed by atoms with E-state index in [1.54, 1.807) is 11.3 Å². The number of ether oxygens (including phenoxy) is 1. The molecule has 6 heteroatoms. The summed E-state index contributed by atoms with van der Waals surface area (Å²) in [5.74, 6) is 0.994. The molecule has 1 heterocycles. The second kappa shape index (κ2) is 8.80. The Balaban J connectivity index is 1.90. The Morgan fingerprint density at radius 2 is 2.04 bits per heavy atom. The van der Waals surface area contributed by atoms with Crippen molar-refractivity contribution in [1.82, 2.24) is 9.88 Å². The molecule has 0 fully saturated rings. The molecule has 1 amide bonds. The SMILES string of the molecule is Cc1ccc(OCc2nc(CN(CC(N)=O)CC(C)C)cs2)cc1. The van der Waals surface area contributed by atoms with Crippen molar-refractivity contribution >= 4 is 17.2 Å². The van der Waals surface area contributed by atoms with Crippen LogP contribution >= 0.6 is 11.3 Å². The van der Waals surface area contributed by atoms with Crippen LogP contribution in [0.4, 0.5) is 0 Å². The molecule has 0 aliphatic carbocycles. The van der Waals surface area contributed by atoms with Crippen LogP contribution < -0.4 is 10.5 Å². The fourth-order valence-corrected chi connectivity index (χ4v) is 3.11. The summed E-state index contributed by atoms with van der Waals surface area (Å²) in [6, 6.07) is 7.97. The lowest BCUT2D eigenvalue weighted by molar-refractivity contribution is -0.119. The third-order valence-electron chi connectivity index (χ3n) is 3.37. The number of hydrogen-bond donors (Lipinski definition) is 1. The monoisotopic (exact) mass is 347 g/mol. The van der Waals surface area contributed by atoms with E-state index in [2.05, 4.69) is 18.8 Å². The molecule has 0 atom stereocenters. The fourth-order valence-electron chi connectivity index (χ4n) is 2.42. The van der Waals surface area contributed by atoms with Crippen molar-refractivity contribution in [2.75, 3.05) is 13.1 Å². The zero-order valence-corrected chi connectivity index (χ0v) is 15.3. The second-order valence-electron chi connectivity index (χ2n) is 6.36. The Labute approximate surface area is 147 Å². The number of amides is 1. The maximum absolute atomic E-state index is 11.2. The Morgan fingerprint density at radius 3 is 2.67 bits per heavy atom. The van der Waals surface area contributed by atoms with E-state index in [9.17, 15) is 4.79 Å². The highest BCUT2D eigenvalue weighted by Crippen LogP contribution is 2.17. The highest BCUT2D eigenvalue weighted by molar-refractivity contribution is 7.09. The van der Waals surface area contributed by atoms with Crippen molar-refractivity contribution in [2.45, 2.75) is 33.9 Å². The lowest BCUT2D eigenvalue weighted by Gasteiger charge is -2.21. The van der Waals surface area contributed by atoms with Crippen molar-refractivity contribution in [3.63, 3.8) is 0 Å². The molecule has 130 valence electrons. The first-order chi connectivity index (χ1) is 11.4. The number of benzene rings is 1. The molecule has 0 aliphatic rings. The van der Waals surface area contributed by atoms with Crippen molar-refractivity contribution in [3.8, 4) is 5.75 Å². The van der Waals surface area contributed by atoms with E-state index in [0.717, 1.165) is 23.0 Å². The van der Waals surface area contributed by atoms with E-state index < -0.39 is 0 Å². The maximum Gasteiger partial charge on any atom is 0.231 e. The number of aromatic nitrogens is 1. The van der Waals surface area contributed by atoms with Gasteiger partial charge in [0.25, 0.3) is 0 Å². The van der Waals surface area contributed by atoms with Crippen molar-refractivity contribution < 1.29 is 9.53 Å². The fraction of sp³-hybridized carbons (Fsp3) is 0.444. The number of aryl methyl sites for hydroxylation is 1. The number of thiazole rings is 1. The van der Waals surface area contributed by atoms with Crippen LogP contribution in [0, 0.1) is 12.8 Å². The van der Waals surface area contributed by atoms with Gasteiger partial charge < -0.3 is 10.5 Å². The van der Waals surface area contributed by atoms with Crippen LogP contribution in [0.15, 0.2) is 29.6 Å². The minimum Gasteiger partial charge on any atom is -0.486 e. The number of nitrogens with two attached hydrogens (primary N) is 1. The molecule has 2 aromatic rings. The van der Waals surface area contributed by atoms with Gasteiger partial charge in [0.15, 0.2) is 0 Å². The van der Waals surface area contributed by atoms with Crippen LogP contribution in [0.5, 0.6) is 5.75 Å². The third-order valence-corrected chi connectivity index (χ3v) is 4.24. The maximum atomic E-state index is 11.2. The largest absolute Gasteiger partial charge is 0.486 e. The number of primary amides is 1. The van der Waals surface area contributed by atoms with Crippen LogP contribution in [0.3, 0.4) is 0 Å². The molecule has 0 radical (unpaired) electrons. The van der Waals surface area contributed by atoms with Crippen LogP contribution in [0.25, 0.3) is 0 Å². The van der Waals surface area contributed by atoms with Gasteiger partial charge in [0.05, 0.1) is 12.2 Å². The summed E-state index contributed by atoms with van der Waals surface area (Å²) in [4.78, 5) is 17.8. The zero-order valence-electron chi connectivity index (χ0n) is 14.5. The molecule has 0 saturated carbocycles. The van der Waals surface area contributed by atoms with Gasteiger partial charge in [-0.3, -0.25) is 9.69 Å². The van der Waals surface area contributed by atoms with Crippen LogP contribution in [0.1, 0.15) is 30.1 Å². The van der Waals surface area contributed by atoms with Crippen LogP contribution in [0.2, 0.25) is 0 Å². The van der Waals surface area contributed by atoms with Crippen molar-refractivity contribution in [2.24, 2.45) is 11.7 Å². The number of carbonyl (C=O) groups excluding carboxylic acids is 1. The molecular formula is C18H25N3O2S. The number of hydrogen-bond acceptors (Lipinski definition) is 5. The summed E-state index contributed by atoms with van der Waals surface area (Å²) in [6.45, 7) is 8.44. The number of rotatable bonds is 9. The first-order valence-electron chi connectivity index (χ1n) is 8.05. The number of carbonyl (C=O) groups is 1. The third kappa shape index (κ3) is 6.29. The Morgan fingerprint density at radius 1 is 1.33 bits per heavy atom. The zero-order chi connectivity index (χ0) is 17.5. The quantitative estimate of drug-likeness (QED) is 0.757. The van der Waals surface area contributed by atoms with Gasteiger partial charge in [0.1, 0.15) is 17.4 Å². The summed E-state index contributed by atoms with van der Waals surface area (Å²) >= 11 is 1.57. The molecule has 1 aromatic heterocycles. The van der Waals surface area contributed by atoms with E-state index in [1.807, 2.05) is 41.5 Å². The van der Waals surface area contributed by atoms with Gasteiger partial charge in [-0.05, 0) is 25.0 Å². The normalized spacial score (nSPS) is 11.2. The van der Waals surface area contributed by atoms with Gasteiger partial charge in [-0.2, -0.15) is 0 Å². The van der Waals surface area contributed by atoms with E-state index in [0.29, 0.717) is 19.1 Å². The first-order valence-corrected chi connectivity index (χ1v) is 8.93. The van der Waals surface area contributed by atoms with Crippen molar-refractivity contribution in [3.05, 3.63) is 45.9 Å². The van der Waals surface area contributed by atoms with Gasteiger partial charge in [0, 0.05) is 18.5 Å². The minimum atomic E-state index is -0.311. The molecule has 1 aromatic carbocycles. The van der Waals surface area contributed by atoms with Crippen molar-refractivity contribution in [1.29, 1.82) is 0 Å². The standard InChI is InChI=1S/C18H25N3O2S/c1-13(2)8-21(10-17(19)22)9-15-12-24-18(20-15)11-23-16-6-4-14(3)5-7-16/h4-7,12-13H,8-11H2,1-3H3,(H2,19,22). The Kier molecular flexibility index (Phi) is 6.75. The second-order valence-corrected chi connectivity index (χ2v) is 7.31. The van der Waals surface area contributed by atoms with E-state index in [4.69, 9.17) is 10.5 Å². The predicted octanol–water partition coefficient (Wildman–Crippen LogP) is 2.97. The van der Waals surface area contributed by atoms with Gasteiger partial charge >= 0.3 is 0 Å². The molecule has 0 saturated heterocycles. The molecule has 5 nitrogen and oxygen atoms in total. The molecular weight excluding hydrogens is 322 g/mol. The van der Waals surface area contributed by atoms with E-state index in [-0.39, 0.29) is 12.5 Å². The molecule has 0 aliphatic heterocycles. The average molecular weight is 347 g/mol. The molecule has 2 rings (SSSR count). The molecule has 24 heavy (non-hydrogen) atoms.